The number of rotatable bonds is 6. The minimum absolute atomic E-state index is 0.0839. The van der Waals surface area contributed by atoms with Crippen molar-refractivity contribution in [3.05, 3.63) is 83.4 Å². The lowest BCUT2D eigenvalue weighted by Gasteiger charge is -2.18. The summed E-state index contributed by atoms with van der Waals surface area (Å²) >= 11 is 0. The van der Waals surface area contributed by atoms with Gasteiger partial charge in [-0.2, -0.15) is 0 Å². The Balaban J connectivity index is 1.64. The van der Waals surface area contributed by atoms with Crippen molar-refractivity contribution in [3.8, 4) is 0 Å². The van der Waals surface area contributed by atoms with Crippen LogP contribution in [0, 0.1) is 6.92 Å². The SMILES string of the molecule is CC[C@@H](NC(=O)CCc1cccc2ccccc12)c1ccc(C)cc1. The number of carbonyl (C=O) groups is 1. The molecule has 2 heteroatoms. The van der Waals surface area contributed by atoms with Gasteiger partial charge in [0.15, 0.2) is 0 Å². The Bertz CT molecular complexity index is 846. The van der Waals surface area contributed by atoms with Gasteiger partial charge in [0, 0.05) is 6.42 Å². The minimum Gasteiger partial charge on any atom is -0.349 e. The topological polar surface area (TPSA) is 29.1 Å². The fourth-order valence-corrected chi connectivity index (χ4v) is 3.25. The largest absolute Gasteiger partial charge is 0.349 e. The lowest BCUT2D eigenvalue weighted by molar-refractivity contribution is -0.121. The molecule has 3 aromatic rings. The monoisotopic (exact) mass is 331 g/mol. The van der Waals surface area contributed by atoms with E-state index in [0.717, 1.165) is 12.8 Å². The number of nitrogens with one attached hydrogen (secondary N) is 1. The molecule has 1 amide bonds. The molecule has 0 saturated carbocycles. The van der Waals surface area contributed by atoms with Crippen molar-refractivity contribution >= 4 is 16.7 Å². The first-order chi connectivity index (χ1) is 12.2. The molecule has 0 aromatic heterocycles. The quantitative estimate of drug-likeness (QED) is 0.648. The molecule has 0 unspecified atom stereocenters. The van der Waals surface area contributed by atoms with Crippen molar-refractivity contribution in [3.63, 3.8) is 0 Å². The second-order valence-electron chi connectivity index (χ2n) is 6.58. The van der Waals surface area contributed by atoms with E-state index < -0.39 is 0 Å². The van der Waals surface area contributed by atoms with E-state index in [1.807, 2.05) is 6.07 Å². The number of benzene rings is 3. The Morgan fingerprint density at radius 3 is 2.44 bits per heavy atom. The van der Waals surface area contributed by atoms with E-state index in [-0.39, 0.29) is 11.9 Å². The van der Waals surface area contributed by atoms with Crippen molar-refractivity contribution in [1.29, 1.82) is 0 Å². The van der Waals surface area contributed by atoms with Crippen molar-refractivity contribution in [2.75, 3.05) is 0 Å². The summed E-state index contributed by atoms with van der Waals surface area (Å²) in [5, 5.41) is 5.65. The van der Waals surface area contributed by atoms with Crippen LogP contribution in [0.5, 0.6) is 0 Å². The van der Waals surface area contributed by atoms with Crippen LogP contribution in [0.4, 0.5) is 0 Å². The fourth-order valence-electron chi connectivity index (χ4n) is 3.25. The van der Waals surface area contributed by atoms with Gasteiger partial charge in [0.2, 0.25) is 5.91 Å². The van der Waals surface area contributed by atoms with E-state index >= 15 is 0 Å². The fraction of sp³-hybridized carbons (Fsp3) is 0.261. The zero-order chi connectivity index (χ0) is 17.6. The summed E-state index contributed by atoms with van der Waals surface area (Å²) in [6.45, 7) is 4.18. The molecule has 1 atom stereocenters. The minimum atomic E-state index is 0.0839. The highest BCUT2D eigenvalue weighted by Crippen LogP contribution is 2.21. The van der Waals surface area contributed by atoms with Crippen LogP contribution in [-0.4, -0.2) is 5.91 Å². The molecular weight excluding hydrogens is 306 g/mol. The molecule has 0 aliphatic rings. The maximum atomic E-state index is 12.5. The van der Waals surface area contributed by atoms with Crippen LogP contribution in [0.15, 0.2) is 66.7 Å². The summed E-state index contributed by atoms with van der Waals surface area (Å²) in [6.07, 6.45) is 2.16. The van der Waals surface area contributed by atoms with Gasteiger partial charge in [0.1, 0.15) is 0 Å². The van der Waals surface area contributed by atoms with E-state index in [2.05, 4.69) is 79.8 Å². The number of amides is 1. The molecule has 0 fully saturated rings. The highest BCUT2D eigenvalue weighted by Gasteiger charge is 2.13. The Labute approximate surface area is 149 Å². The number of carbonyl (C=O) groups excluding carboxylic acids is 1. The summed E-state index contributed by atoms with van der Waals surface area (Å²) in [6, 6.07) is 23.1. The maximum Gasteiger partial charge on any atom is 0.220 e. The van der Waals surface area contributed by atoms with E-state index in [9.17, 15) is 4.79 Å². The molecule has 1 N–H and O–H groups in total. The van der Waals surface area contributed by atoms with Crippen LogP contribution in [0.25, 0.3) is 10.8 Å². The standard InChI is InChI=1S/C23H25NO/c1-3-22(20-13-11-17(2)12-14-20)24-23(25)16-15-19-9-6-8-18-7-4-5-10-21(18)19/h4-14,22H,3,15-16H2,1-2H3,(H,24,25)/t22-/m1/s1. The van der Waals surface area contributed by atoms with Crippen molar-refractivity contribution in [2.24, 2.45) is 0 Å². The summed E-state index contributed by atoms with van der Waals surface area (Å²) in [5.74, 6) is 0.111. The zero-order valence-electron chi connectivity index (χ0n) is 15.0. The molecular formula is C23H25NO. The zero-order valence-corrected chi connectivity index (χ0v) is 15.0. The van der Waals surface area contributed by atoms with Crippen LogP contribution in [0.1, 0.15) is 42.5 Å². The number of hydrogen-bond acceptors (Lipinski definition) is 1. The van der Waals surface area contributed by atoms with Gasteiger partial charge < -0.3 is 5.32 Å². The predicted octanol–water partition coefficient (Wildman–Crippen LogP) is 5.35. The van der Waals surface area contributed by atoms with Crippen LogP contribution >= 0.6 is 0 Å². The first-order valence-corrected chi connectivity index (χ1v) is 9.00. The van der Waals surface area contributed by atoms with Gasteiger partial charge in [-0.15, -0.1) is 0 Å². The highest BCUT2D eigenvalue weighted by molar-refractivity contribution is 5.86. The normalized spacial score (nSPS) is 12.1. The highest BCUT2D eigenvalue weighted by atomic mass is 16.1. The van der Waals surface area contributed by atoms with Gasteiger partial charge in [0.05, 0.1) is 6.04 Å². The van der Waals surface area contributed by atoms with Gasteiger partial charge in [-0.3, -0.25) is 4.79 Å². The van der Waals surface area contributed by atoms with E-state index in [1.54, 1.807) is 0 Å². The number of aryl methyl sites for hydroxylation is 2. The number of hydrogen-bond donors (Lipinski definition) is 1. The molecule has 2 nitrogen and oxygen atoms in total. The summed E-state index contributed by atoms with van der Waals surface area (Å²) in [4.78, 5) is 12.5. The molecule has 0 aliphatic carbocycles. The third-order valence-corrected chi connectivity index (χ3v) is 4.72. The average molecular weight is 331 g/mol. The maximum absolute atomic E-state index is 12.5. The van der Waals surface area contributed by atoms with Crippen LogP contribution < -0.4 is 5.32 Å². The molecule has 128 valence electrons. The Hall–Kier alpha value is -2.61. The summed E-state index contributed by atoms with van der Waals surface area (Å²) in [7, 11) is 0. The molecule has 0 bridgehead atoms. The van der Waals surface area contributed by atoms with Crippen molar-refractivity contribution in [2.45, 2.75) is 39.2 Å². The first kappa shape index (κ1) is 17.2. The molecule has 0 aliphatic heterocycles. The van der Waals surface area contributed by atoms with Gasteiger partial charge in [-0.25, -0.2) is 0 Å². The molecule has 3 rings (SSSR count). The lowest BCUT2D eigenvalue weighted by Crippen LogP contribution is -2.28. The second-order valence-corrected chi connectivity index (χ2v) is 6.58. The van der Waals surface area contributed by atoms with Crippen molar-refractivity contribution in [1.82, 2.24) is 5.32 Å². The Kier molecular flexibility index (Phi) is 5.49. The smallest absolute Gasteiger partial charge is 0.220 e. The molecule has 0 spiro atoms. The average Bonchev–Trinajstić information content (AvgIpc) is 2.65. The van der Waals surface area contributed by atoms with Gasteiger partial charge in [-0.1, -0.05) is 79.2 Å². The molecule has 0 saturated heterocycles. The van der Waals surface area contributed by atoms with Crippen LogP contribution in [0.3, 0.4) is 0 Å². The molecule has 3 aromatic carbocycles. The predicted molar refractivity (Wildman–Crippen MR) is 105 cm³/mol. The summed E-state index contributed by atoms with van der Waals surface area (Å²) in [5.41, 5.74) is 3.64. The van der Waals surface area contributed by atoms with E-state index in [4.69, 9.17) is 0 Å². The van der Waals surface area contributed by atoms with Crippen LogP contribution in [-0.2, 0) is 11.2 Å². The molecule has 25 heavy (non-hydrogen) atoms. The molecule has 0 heterocycles. The second kappa shape index (κ2) is 7.98. The van der Waals surface area contributed by atoms with E-state index in [1.165, 1.54) is 27.5 Å². The Morgan fingerprint density at radius 1 is 0.960 bits per heavy atom. The van der Waals surface area contributed by atoms with Gasteiger partial charge >= 0.3 is 0 Å². The molecule has 0 radical (unpaired) electrons. The first-order valence-electron chi connectivity index (χ1n) is 9.00. The van der Waals surface area contributed by atoms with Crippen molar-refractivity contribution < 1.29 is 4.79 Å². The number of fused-ring (bicyclic) bond motifs is 1. The summed E-state index contributed by atoms with van der Waals surface area (Å²) < 4.78 is 0. The third kappa shape index (κ3) is 4.27. The third-order valence-electron chi connectivity index (χ3n) is 4.72. The van der Waals surface area contributed by atoms with Gasteiger partial charge in [0.25, 0.3) is 0 Å². The Morgan fingerprint density at radius 2 is 1.68 bits per heavy atom. The van der Waals surface area contributed by atoms with Gasteiger partial charge in [-0.05, 0) is 41.7 Å². The van der Waals surface area contributed by atoms with Crippen LogP contribution in [0.2, 0.25) is 0 Å². The lowest BCUT2D eigenvalue weighted by atomic mass is 10.00. The van der Waals surface area contributed by atoms with E-state index in [0.29, 0.717) is 6.42 Å².